The Hall–Kier alpha value is -1.47. The molecule has 1 aromatic rings. The van der Waals surface area contributed by atoms with Gasteiger partial charge in [-0.05, 0) is 38.5 Å². The lowest BCUT2D eigenvalue weighted by Gasteiger charge is -2.12. The van der Waals surface area contributed by atoms with E-state index >= 15 is 0 Å². The molecule has 1 atom stereocenters. The standard InChI is InChI=1S/C14H18N2OS/c1-10(2)17-14-5-4-12(6-13(14)8-16)9-18-11(3)7-15/h4-7,10-11,15H,9H2,1-3H3. The van der Waals surface area contributed by atoms with Crippen molar-refractivity contribution < 1.29 is 4.74 Å². The van der Waals surface area contributed by atoms with Crippen LogP contribution in [0.5, 0.6) is 5.75 Å². The summed E-state index contributed by atoms with van der Waals surface area (Å²) in [6, 6.07) is 7.85. The highest BCUT2D eigenvalue weighted by molar-refractivity contribution is 7.99. The molecule has 0 aliphatic rings. The molecule has 1 unspecified atom stereocenters. The van der Waals surface area contributed by atoms with E-state index in [2.05, 4.69) is 6.07 Å². The molecule has 3 nitrogen and oxygen atoms in total. The Morgan fingerprint density at radius 2 is 2.17 bits per heavy atom. The van der Waals surface area contributed by atoms with E-state index < -0.39 is 0 Å². The Morgan fingerprint density at radius 3 is 2.72 bits per heavy atom. The van der Waals surface area contributed by atoms with Crippen LogP contribution in [0.15, 0.2) is 18.2 Å². The van der Waals surface area contributed by atoms with Gasteiger partial charge in [0.15, 0.2) is 0 Å². The van der Waals surface area contributed by atoms with Crippen LogP contribution in [0.25, 0.3) is 0 Å². The van der Waals surface area contributed by atoms with Gasteiger partial charge in [-0.1, -0.05) is 6.07 Å². The second-order valence-corrected chi connectivity index (χ2v) is 5.66. The number of benzene rings is 1. The fourth-order valence-corrected chi connectivity index (χ4v) is 2.12. The van der Waals surface area contributed by atoms with Crippen LogP contribution in [-0.2, 0) is 5.75 Å². The molecule has 0 aliphatic heterocycles. The van der Waals surface area contributed by atoms with Crippen LogP contribution < -0.4 is 4.74 Å². The summed E-state index contributed by atoms with van der Waals surface area (Å²) in [5.41, 5.74) is 1.66. The number of rotatable bonds is 6. The number of nitrogens with zero attached hydrogens (tertiary/aromatic N) is 1. The highest BCUT2D eigenvalue weighted by Crippen LogP contribution is 2.24. The van der Waals surface area contributed by atoms with E-state index in [9.17, 15) is 0 Å². The normalized spacial score (nSPS) is 11.9. The minimum atomic E-state index is 0.0651. The van der Waals surface area contributed by atoms with E-state index in [-0.39, 0.29) is 11.4 Å². The molecular weight excluding hydrogens is 244 g/mol. The molecule has 0 bridgehead atoms. The van der Waals surface area contributed by atoms with Crippen molar-refractivity contribution in [3.8, 4) is 11.8 Å². The zero-order valence-electron chi connectivity index (χ0n) is 10.9. The van der Waals surface area contributed by atoms with Crippen molar-refractivity contribution in [2.24, 2.45) is 0 Å². The first kappa shape index (κ1) is 14.6. The molecule has 0 saturated carbocycles. The average molecular weight is 262 g/mol. The summed E-state index contributed by atoms with van der Waals surface area (Å²) in [5.74, 6) is 1.44. The molecule has 0 fully saturated rings. The van der Waals surface area contributed by atoms with Crippen molar-refractivity contribution in [2.45, 2.75) is 37.9 Å². The molecule has 0 aromatic heterocycles. The lowest BCUT2D eigenvalue weighted by molar-refractivity contribution is 0.241. The second-order valence-electron chi connectivity index (χ2n) is 4.29. The smallest absolute Gasteiger partial charge is 0.137 e. The van der Waals surface area contributed by atoms with Gasteiger partial charge < -0.3 is 10.1 Å². The highest BCUT2D eigenvalue weighted by Gasteiger charge is 2.07. The fraction of sp³-hybridized carbons (Fsp3) is 0.429. The second kappa shape index (κ2) is 7.07. The molecule has 0 amide bonds. The van der Waals surface area contributed by atoms with Gasteiger partial charge in [-0.15, -0.1) is 11.8 Å². The van der Waals surface area contributed by atoms with Crippen molar-refractivity contribution >= 4 is 18.0 Å². The van der Waals surface area contributed by atoms with Crippen LogP contribution in [0.2, 0.25) is 0 Å². The van der Waals surface area contributed by atoms with Crippen LogP contribution in [0.4, 0.5) is 0 Å². The monoisotopic (exact) mass is 262 g/mol. The van der Waals surface area contributed by atoms with Crippen LogP contribution in [0.1, 0.15) is 31.9 Å². The summed E-state index contributed by atoms with van der Waals surface area (Å²) in [6.45, 7) is 5.87. The van der Waals surface area contributed by atoms with Gasteiger partial charge in [0.2, 0.25) is 0 Å². The Morgan fingerprint density at radius 1 is 1.44 bits per heavy atom. The number of thioether (sulfide) groups is 1. The number of nitrogens with one attached hydrogen (secondary N) is 1. The van der Waals surface area contributed by atoms with E-state index in [1.165, 1.54) is 6.21 Å². The van der Waals surface area contributed by atoms with Crippen LogP contribution in [0, 0.1) is 16.7 Å². The van der Waals surface area contributed by atoms with Gasteiger partial charge in [0.1, 0.15) is 11.8 Å². The maximum Gasteiger partial charge on any atom is 0.137 e. The van der Waals surface area contributed by atoms with Gasteiger partial charge in [-0.25, -0.2) is 0 Å². The molecule has 1 aromatic carbocycles. The quantitative estimate of drug-likeness (QED) is 0.797. The SMILES string of the molecule is CC(C)Oc1ccc(CSC(C)C=N)cc1C#N. The van der Waals surface area contributed by atoms with Gasteiger partial charge in [0, 0.05) is 17.2 Å². The third-order valence-electron chi connectivity index (χ3n) is 2.27. The molecule has 0 spiro atoms. The Labute approximate surface area is 113 Å². The van der Waals surface area contributed by atoms with Crippen LogP contribution in [0.3, 0.4) is 0 Å². The molecule has 0 saturated heterocycles. The summed E-state index contributed by atoms with van der Waals surface area (Å²) >= 11 is 1.68. The third kappa shape index (κ3) is 4.42. The lowest BCUT2D eigenvalue weighted by atomic mass is 10.1. The van der Waals surface area contributed by atoms with Crippen molar-refractivity contribution in [3.63, 3.8) is 0 Å². The van der Waals surface area contributed by atoms with Gasteiger partial charge in [0.25, 0.3) is 0 Å². The van der Waals surface area contributed by atoms with Crippen molar-refractivity contribution in [1.82, 2.24) is 0 Å². The molecule has 0 aliphatic carbocycles. The largest absolute Gasteiger partial charge is 0.490 e. The molecule has 0 radical (unpaired) electrons. The minimum absolute atomic E-state index is 0.0651. The van der Waals surface area contributed by atoms with E-state index in [1.807, 2.05) is 39.0 Å². The van der Waals surface area contributed by atoms with E-state index in [0.29, 0.717) is 11.3 Å². The van der Waals surface area contributed by atoms with Crippen molar-refractivity contribution in [3.05, 3.63) is 29.3 Å². The molecule has 18 heavy (non-hydrogen) atoms. The topological polar surface area (TPSA) is 56.9 Å². The average Bonchev–Trinajstić information content (AvgIpc) is 2.36. The molecule has 0 heterocycles. The van der Waals surface area contributed by atoms with Gasteiger partial charge in [-0.3, -0.25) is 0 Å². The first-order chi connectivity index (χ1) is 8.56. The van der Waals surface area contributed by atoms with Crippen molar-refractivity contribution in [2.75, 3.05) is 0 Å². The summed E-state index contributed by atoms with van der Waals surface area (Å²) < 4.78 is 5.57. The molecular formula is C14H18N2OS. The number of nitriles is 1. The van der Waals surface area contributed by atoms with Gasteiger partial charge >= 0.3 is 0 Å². The summed E-state index contributed by atoms with van der Waals surface area (Å²) in [7, 11) is 0. The summed E-state index contributed by atoms with van der Waals surface area (Å²) in [6.07, 6.45) is 1.49. The van der Waals surface area contributed by atoms with Crippen LogP contribution >= 0.6 is 11.8 Å². The first-order valence-electron chi connectivity index (χ1n) is 5.88. The zero-order valence-corrected chi connectivity index (χ0v) is 11.8. The van der Waals surface area contributed by atoms with Gasteiger partial charge in [-0.2, -0.15) is 5.26 Å². The molecule has 1 rings (SSSR count). The molecule has 96 valence electrons. The Balaban J connectivity index is 2.79. The van der Waals surface area contributed by atoms with Gasteiger partial charge in [0.05, 0.1) is 11.7 Å². The number of hydrogen-bond acceptors (Lipinski definition) is 4. The number of hydrogen-bond donors (Lipinski definition) is 1. The maximum atomic E-state index is 9.11. The first-order valence-corrected chi connectivity index (χ1v) is 6.93. The Kier molecular flexibility index (Phi) is 5.73. The highest BCUT2D eigenvalue weighted by atomic mass is 32.2. The van der Waals surface area contributed by atoms with E-state index in [4.69, 9.17) is 15.4 Å². The van der Waals surface area contributed by atoms with E-state index in [1.54, 1.807) is 11.8 Å². The minimum Gasteiger partial charge on any atom is -0.490 e. The summed E-state index contributed by atoms with van der Waals surface area (Å²) in [4.78, 5) is 0. The maximum absolute atomic E-state index is 9.11. The fourth-order valence-electron chi connectivity index (χ4n) is 1.39. The van der Waals surface area contributed by atoms with E-state index in [0.717, 1.165) is 11.3 Å². The van der Waals surface area contributed by atoms with Crippen molar-refractivity contribution in [1.29, 1.82) is 10.7 Å². The third-order valence-corrected chi connectivity index (χ3v) is 3.44. The molecule has 1 N–H and O–H groups in total. The predicted octanol–water partition coefficient (Wildman–Crippen LogP) is 3.62. The zero-order chi connectivity index (χ0) is 13.5. The predicted molar refractivity (Wildman–Crippen MR) is 76.5 cm³/mol. The lowest BCUT2D eigenvalue weighted by Crippen LogP contribution is -2.07. The van der Waals surface area contributed by atoms with Crippen LogP contribution in [-0.4, -0.2) is 17.6 Å². The summed E-state index contributed by atoms with van der Waals surface area (Å²) in [5, 5.41) is 16.4. The number of ether oxygens (including phenoxy) is 1. The molecule has 4 heteroatoms. The Bertz CT molecular complexity index is 452.